The Kier molecular flexibility index (Phi) is 2.98. The van der Waals surface area contributed by atoms with Crippen LogP contribution < -0.4 is 0 Å². The number of rotatable bonds is 3. The third-order valence-corrected chi connectivity index (χ3v) is 3.51. The number of carbonyl (C=O) groups is 2. The summed E-state index contributed by atoms with van der Waals surface area (Å²) in [6.07, 6.45) is 0. The van der Waals surface area contributed by atoms with Gasteiger partial charge in [0.05, 0.1) is 21.9 Å². The van der Waals surface area contributed by atoms with Gasteiger partial charge in [0, 0.05) is 5.56 Å². The minimum absolute atomic E-state index is 0.274. The zero-order valence-electron chi connectivity index (χ0n) is 8.61. The van der Waals surface area contributed by atoms with Crippen molar-refractivity contribution < 1.29 is 14.7 Å². The standard InChI is InChI=1S/C12H8Cl2O3/c1-5-9(10(5)12(16)17)11(15)6-2-3-7(13)8(14)4-6/h2-4,9-10H,1H2,(H,16,17). The average molecular weight is 271 g/mol. The summed E-state index contributed by atoms with van der Waals surface area (Å²) in [6.45, 7) is 3.58. The Balaban J connectivity index is 2.25. The molecule has 1 fully saturated rings. The van der Waals surface area contributed by atoms with Crippen LogP contribution in [0.4, 0.5) is 0 Å². The number of carbonyl (C=O) groups excluding carboxylic acids is 1. The summed E-state index contributed by atoms with van der Waals surface area (Å²) >= 11 is 11.5. The molecule has 2 atom stereocenters. The van der Waals surface area contributed by atoms with Gasteiger partial charge in [-0.1, -0.05) is 35.4 Å². The molecule has 0 heterocycles. The van der Waals surface area contributed by atoms with Gasteiger partial charge in [-0.15, -0.1) is 0 Å². The van der Waals surface area contributed by atoms with E-state index in [0.717, 1.165) is 0 Å². The van der Waals surface area contributed by atoms with E-state index < -0.39 is 17.8 Å². The normalized spacial score (nSPS) is 22.4. The van der Waals surface area contributed by atoms with Crippen molar-refractivity contribution in [2.45, 2.75) is 0 Å². The molecule has 0 aromatic heterocycles. The van der Waals surface area contributed by atoms with Gasteiger partial charge < -0.3 is 5.11 Å². The van der Waals surface area contributed by atoms with E-state index in [9.17, 15) is 9.59 Å². The van der Waals surface area contributed by atoms with Crippen molar-refractivity contribution in [2.75, 3.05) is 0 Å². The Morgan fingerprint density at radius 3 is 2.29 bits per heavy atom. The number of hydrogen-bond acceptors (Lipinski definition) is 2. The highest BCUT2D eigenvalue weighted by Gasteiger charge is 2.52. The van der Waals surface area contributed by atoms with Crippen LogP contribution >= 0.6 is 23.2 Å². The second-order valence-corrected chi connectivity index (χ2v) is 4.68. The molecule has 0 bridgehead atoms. The minimum atomic E-state index is -1.02. The van der Waals surface area contributed by atoms with Gasteiger partial charge in [-0.05, 0) is 18.2 Å². The van der Waals surface area contributed by atoms with Crippen molar-refractivity contribution in [3.63, 3.8) is 0 Å². The fourth-order valence-electron chi connectivity index (χ4n) is 1.76. The van der Waals surface area contributed by atoms with Crippen LogP contribution in [0.2, 0.25) is 10.0 Å². The summed E-state index contributed by atoms with van der Waals surface area (Å²) in [6, 6.07) is 4.48. The Hall–Kier alpha value is -1.32. The van der Waals surface area contributed by atoms with E-state index in [-0.39, 0.29) is 10.8 Å². The van der Waals surface area contributed by atoms with Crippen LogP contribution in [-0.4, -0.2) is 16.9 Å². The monoisotopic (exact) mass is 270 g/mol. The van der Waals surface area contributed by atoms with E-state index in [1.807, 2.05) is 0 Å². The van der Waals surface area contributed by atoms with E-state index >= 15 is 0 Å². The topological polar surface area (TPSA) is 54.4 Å². The maximum absolute atomic E-state index is 12.0. The Labute approximate surface area is 108 Å². The van der Waals surface area contributed by atoms with Crippen LogP contribution in [0.1, 0.15) is 10.4 Å². The second kappa shape index (κ2) is 4.17. The Morgan fingerprint density at radius 2 is 1.82 bits per heavy atom. The molecule has 3 nitrogen and oxygen atoms in total. The van der Waals surface area contributed by atoms with Crippen LogP contribution in [0, 0.1) is 11.8 Å². The van der Waals surface area contributed by atoms with Crippen molar-refractivity contribution in [3.05, 3.63) is 46.0 Å². The number of hydrogen-bond donors (Lipinski definition) is 1. The first-order valence-corrected chi connectivity index (χ1v) is 5.60. The van der Waals surface area contributed by atoms with Crippen LogP contribution in [0.5, 0.6) is 0 Å². The van der Waals surface area contributed by atoms with E-state index in [2.05, 4.69) is 6.58 Å². The van der Waals surface area contributed by atoms with E-state index in [1.54, 1.807) is 0 Å². The smallest absolute Gasteiger partial charge is 0.311 e. The second-order valence-electron chi connectivity index (χ2n) is 3.86. The van der Waals surface area contributed by atoms with Gasteiger partial charge in [-0.25, -0.2) is 0 Å². The molecule has 0 radical (unpaired) electrons. The average Bonchev–Trinajstić information content (AvgIpc) is 2.93. The maximum Gasteiger partial charge on any atom is 0.311 e. The number of halogens is 2. The molecule has 5 heteroatoms. The van der Waals surface area contributed by atoms with Crippen LogP contribution in [0.15, 0.2) is 30.4 Å². The molecule has 0 aliphatic heterocycles. The van der Waals surface area contributed by atoms with Gasteiger partial charge in [0.1, 0.15) is 0 Å². The van der Waals surface area contributed by atoms with Gasteiger partial charge in [0.15, 0.2) is 5.78 Å². The van der Waals surface area contributed by atoms with Gasteiger partial charge >= 0.3 is 5.97 Å². The summed E-state index contributed by atoms with van der Waals surface area (Å²) in [5, 5.41) is 9.46. The lowest BCUT2D eigenvalue weighted by Gasteiger charge is -2.01. The van der Waals surface area contributed by atoms with Crippen molar-refractivity contribution >= 4 is 35.0 Å². The Bertz CT molecular complexity index is 537. The van der Waals surface area contributed by atoms with Gasteiger partial charge in [-0.3, -0.25) is 9.59 Å². The summed E-state index contributed by atoms with van der Waals surface area (Å²) in [4.78, 5) is 22.7. The maximum atomic E-state index is 12.0. The highest BCUT2D eigenvalue weighted by molar-refractivity contribution is 6.42. The van der Waals surface area contributed by atoms with Crippen molar-refractivity contribution in [1.29, 1.82) is 0 Å². The molecule has 0 saturated heterocycles. The molecular weight excluding hydrogens is 263 g/mol. The molecule has 88 valence electrons. The number of carboxylic acids is 1. The quantitative estimate of drug-likeness (QED) is 0.679. The highest BCUT2D eigenvalue weighted by atomic mass is 35.5. The molecule has 0 spiro atoms. The van der Waals surface area contributed by atoms with Crippen LogP contribution in [-0.2, 0) is 4.79 Å². The fraction of sp³-hybridized carbons (Fsp3) is 0.167. The molecule has 1 aliphatic rings. The molecular formula is C12H8Cl2O3. The number of benzene rings is 1. The lowest BCUT2D eigenvalue weighted by atomic mass is 10.1. The largest absolute Gasteiger partial charge is 0.481 e. The third-order valence-electron chi connectivity index (χ3n) is 2.78. The fourth-order valence-corrected chi connectivity index (χ4v) is 2.06. The third kappa shape index (κ3) is 2.08. The zero-order valence-corrected chi connectivity index (χ0v) is 10.1. The predicted molar refractivity (Wildman–Crippen MR) is 64.5 cm³/mol. The van der Waals surface area contributed by atoms with Crippen LogP contribution in [0.3, 0.4) is 0 Å². The molecule has 1 saturated carbocycles. The van der Waals surface area contributed by atoms with E-state index in [4.69, 9.17) is 28.3 Å². The number of Topliss-reactive ketones (excluding diaryl/α,β-unsaturated/α-hetero) is 1. The molecule has 2 unspecified atom stereocenters. The Morgan fingerprint density at radius 1 is 1.18 bits per heavy atom. The first-order chi connectivity index (χ1) is 7.93. The molecule has 0 amide bonds. The molecule has 1 N–H and O–H groups in total. The highest BCUT2D eigenvalue weighted by Crippen LogP contribution is 2.46. The van der Waals surface area contributed by atoms with Crippen molar-refractivity contribution in [1.82, 2.24) is 0 Å². The summed E-state index contributed by atoms with van der Waals surface area (Å²) in [5.41, 5.74) is 0.794. The predicted octanol–water partition coefficient (Wildman–Crippen LogP) is 3.06. The minimum Gasteiger partial charge on any atom is -0.481 e. The number of carboxylic acid groups (broad SMARTS) is 1. The first-order valence-electron chi connectivity index (χ1n) is 4.84. The van der Waals surface area contributed by atoms with E-state index in [0.29, 0.717) is 16.2 Å². The molecule has 1 aromatic carbocycles. The first kappa shape index (κ1) is 12.1. The number of ketones is 1. The van der Waals surface area contributed by atoms with Gasteiger partial charge in [-0.2, -0.15) is 0 Å². The molecule has 2 rings (SSSR count). The molecule has 1 aromatic rings. The van der Waals surface area contributed by atoms with Gasteiger partial charge in [0.2, 0.25) is 0 Å². The van der Waals surface area contributed by atoms with Crippen molar-refractivity contribution in [3.8, 4) is 0 Å². The summed E-state index contributed by atoms with van der Waals surface area (Å²) in [5.74, 6) is -2.70. The summed E-state index contributed by atoms with van der Waals surface area (Å²) in [7, 11) is 0. The molecule has 17 heavy (non-hydrogen) atoms. The SMILES string of the molecule is C=C1C(C(=O)O)C1C(=O)c1ccc(Cl)c(Cl)c1. The zero-order chi connectivity index (χ0) is 12.7. The van der Waals surface area contributed by atoms with Gasteiger partial charge in [0.25, 0.3) is 0 Å². The molecule has 1 aliphatic carbocycles. The van der Waals surface area contributed by atoms with Crippen molar-refractivity contribution in [2.24, 2.45) is 11.8 Å². The number of aliphatic carboxylic acids is 1. The lowest BCUT2D eigenvalue weighted by molar-refractivity contribution is -0.138. The van der Waals surface area contributed by atoms with Crippen LogP contribution in [0.25, 0.3) is 0 Å². The van der Waals surface area contributed by atoms with E-state index in [1.165, 1.54) is 18.2 Å². The summed E-state index contributed by atoms with van der Waals surface area (Å²) < 4.78 is 0. The lowest BCUT2D eigenvalue weighted by Crippen LogP contribution is -2.08.